The number of hydrogen-bond acceptors (Lipinski definition) is 3. The van der Waals surface area contributed by atoms with Crippen LogP contribution in [0.2, 0.25) is 0 Å². The number of likely N-dealkylation sites (tertiary alicyclic amines) is 1. The van der Waals surface area contributed by atoms with Gasteiger partial charge >= 0.3 is 0 Å². The third-order valence-corrected chi connectivity index (χ3v) is 6.34. The smallest absolute Gasteiger partial charge is 0.0117 e. The van der Waals surface area contributed by atoms with Crippen LogP contribution in [0.25, 0.3) is 0 Å². The molecule has 1 aliphatic rings. The lowest BCUT2D eigenvalue weighted by Gasteiger charge is -2.38. The lowest BCUT2D eigenvalue weighted by atomic mass is 9.92. The highest BCUT2D eigenvalue weighted by atomic mass is 15.2. The molecule has 3 nitrogen and oxygen atoms in total. The number of unbranched alkanes of at least 4 members (excludes halogenated alkanes) is 6. The van der Waals surface area contributed by atoms with Crippen molar-refractivity contribution < 1.29 is 0 Å². The van der Waals surface area contributed by atoms with E-state index in [1.807, 2.05) is 0 Å². The molecule has 0 aliphatic carbocycles. The summed E-state index contributed by atoms with van der Waals surface area (Å²) in [5, 5.41) is 3.28. The van der Waals surface area contributed by atoms with Gasteiger partial charge in [-0.25, -0.2) is 0 Å². The summed E-state index contributed by atoms with van der Waals surface area (Å²) in [4.78, 5) is 5.35. The van der Waals surface area contributed by atoms with Crippen LogP contribution in [0.4, 0.5) is 0 Å². The van der Waals surface area contributed by atoms with Crippen LogP contribution in [-0.4, -0.2) is 62.7 Å². The summed E-state index contributed by atoms with van der Waals surface area (Å²) in [6, 6.07) is 0.814. The summed E-state index contributed by atoms with van der Waals surface area (Å²) in [6.45, 7) is 10.9. The topological polar surface area (TPSA) is 18.5 Å². The van der Waals surface area contributed by atoms with Gasteiger partial charge in [0, 0.05) is 25.7 Å². The van der Waals surface area contributed by atoms with Crippen LogP contribution in [0.15, 0.2) is 0 Å². The predicted molar refractivity (Wildman–Crippen MR) is 117 cm³/mol. The minimum Gasteiger partial charge on any atom is -0.318 e. The van der Waals surface area contributed by atoms with Gasteiger partial charge in [-0.15, -0.1) is 0 Å². The number of hydrogen-bond donors (Lipinski definition) is 1. The van der Waals surface area contributed by atoms with Gasteiger partial charge in [-0.3, -0.25) is 0 Å². The first-order valence-corrected chi connectivity index (χ1v) is 11.8. The molecule has 0 unspecified atom stereocenters. The van der Waals surface area contributed by atoms with Crippen molar-refractivity contribution in [3.63, 3.8) is 0 Å². The Bertz CT molecular complexity index is 288. The maximum atomic E-state index is 3.28. The van der Waals surface area contributed by atoms with Crippen LogP contribution in [0.1, 0.15) is 90.9 Å². The quantitative estimate of drug-likeness (QED) is 0.380. The first-order chi connectivity index (χ1) is 12.7. The molecule has 0 aromatic carbocycles. The molecule has 0 atom stereocenters. The van der Waals surface area contributed by atoms with Crippen LogP contribution >= 0.6 is 0 Å². The summed E-state index contributed by atoms with van der Waals surface area (Å²) < 4.78 is 0. The lowest BCUT2D eigenvalue weighted by molar-refractivity contribution is 0.112. The summed E-state index contributed by atoms with van der Waals surface area (Å²) in [5.74, 6) is 0.927. The highest BCUT2D eigenvalue weighted by molar-refractivity contribution is 4.80. The Labute approximate surface area is 165 Å². The monoisotopic (exact) mass is 367 g/mol. The van der Waals surface area contributed by atoms with Gasteiger partial charge < -0.3 is 15.1 Å². The van der Waals surface area contributed by atoms with Crippen LogP contribution in [0.5, 0.6) is 0 Å². The van der Waals surface area contributed by atoms with Crippen molar-refractivity contribution in [3.8, 4) is 0 Å². The Kier molecular flexibility index (Phi) is 14.6. The number of piperidine rings is 1. The largest absolute Gasteiger partial charge is 0.318 e. The Balaban J connectivity index is 2.33. The Morgan fingerprint density at radius 3 is 2.00 bits per heavy atom. The molecule has 1 N–H and O–H groups in total. The zero-order valence-corrected chi connectivity index (χ0v) is 18.6. The summed E-state index contributed by atoms with van der Waals surface area (Å²) >= 11 is 0. The van der Waals surface area contributed by atoms with E-state index >= 15 is 0 Å². The molecule has 0 bridgehead atoms. The maximum absolute atomic E-state index is 3.28. The number of nitrogens with one attached hydrogen (secondary N) is 1. The predicted octanol–water partition coefficient (Wildman–Crippen LogP) is 5.16. The highest BCUT2D eigenvalue weighted by Gasteiger charge is 2.23. The molecule has 1 saturated heterocycles. The van der Waals surface area contributed by atoms with Crippen molar-refractivity contribution in [1.82, 2.24) is 15.1 Å². The van der Waals surface area contributed by atoms with Gasteiger partial charge in [0.05, 0.1) is 0 Å². The molecule has 0 spiro atoms. The summed E-state index contributed by atoms with van der Waals surface area (Å²) in [6.07, 6.45) is 17.0. The third-order valence-electron chi connectivity index (χ3n) is 6.34. The molecule has 0 amide bonds. The van der Waals surface area contributed by atoms with Gasteiger partial charge in [0.2, 0.25) is 0 Å². The molecule has 0 aromatic heterocycles. The van der Waals surface area contributed by atoms with E-state index in [1.54, 1.807) is 0 Å². The molecule has 1 aliphatic heterocycles. The van der Waals surface area contributed by atoms with E-state index in [-0.39, 0.29) is 0 Å². The van der Waals surface area contributed by atoms with Gasteiger partial charge in [0.15, 0.2) is 0 Å². The molecule has 1 fully saturated rings. The Morgan fingerprint density at radius 1 is 0.923 bits per heavy atom. The molecular weight excluding hydrogens is 318 g/mol. The number of likely N-dealkylation sites (N-methyl/N-ethyl adjacent to an activating group) is 1. The highest BCUT2D eigenvalue weighted by Crippen LogP contribution is 2.22. The van der Waals surface area contributed by atoms with E-state index in [0.29, 0.717) is 0 Å². The van der Waals surface area contributed by atoms with Gasteiger partial charge in [0.25, 0.3) is 0 Å². The second kappa shape index (κ2) is 15.9. The van der Waals surface area contributed by atoms with Crippen molar-refractivity contribution in [2.24, 2.45) is 5.92 Å². The maximum Gasteiger partial charge on any atom is 0.0117 e. The van der Waals surface area contributed by atoms with Crippen molar-refractivity contribution in [2.75, 3.05) is 46.8 Å². The van der Waals surface area contributed by atoms with E-state index < -0.39 is 0 Å². The first kappa shape index (κ1) is 23.9. The van der Waals surface area contributed by atoms with Crippen molar-refractivity contribution >= 4 is 0 Å². The SMILES string of the molecule is CCCCCCC(CCCCCC)CN(C)C1CCN(CCNC)CC1. The molecule has 3 heteroatoms. The fraction of sp³-hybridized carbons (Fsp3) is 1.00. The van der Waals surface area contributed by atoms with E-state index in [9.17, 15) is 0 Å². The van der Waals surface area contributed by atoms with E-state index in [2.05, 4.69) is 43.1 Å². The minimum absolute atomic E-state index is 0.814. The minimum atomic E-state index is 0.814. The Morgan fingerprint density at radius 2 is 1.50 bits per heavy atom. The second-order valence-electron chi connectivity index (χ2n) is 8.68. The lowest BCUT2D eigenvalue weighted by Crippen LogP contribution is -2.46. The summed E-state index contributed by atoms with van der Waals surface area (Å²) in [5.41, 5.74) is 0. The van der Waals surface area contributed by atoms with Gasteiger partial charge in [-0.2, -0.15) is 0 Å². The third kappa shape index (κ3) is 10.9. The molecular formula is C23H49N3. The fourth-order valence-corrected chi connectivity index (χ4v) is 4.46. The molecule has 156 valence electrons. The van der Waals surface area contributed by atoms with Gasteiger partial charge in [0.1, 0.15) is 0 Å². The van der Waals surface area contributed by atoms with Crippen LogP contribution in [0.3, 0.4) is 0 Å². The van der Waals surface area contributed by atoms with Gasteiger partial charge in [-0.05, 0) is 58.8 Å². The summed E-state index contributed by atoms with van der Waals surface area (Å²) in [7, 11) is 4.46. The van der Waals surface area contributed by atoms with Crippen LogP contribution < -0.4 is 5.32 Å². The van der Waals surface area contributed by atoms with E-state index in [1.165, 1.54) is 103 Å². The zero-order chi connectivity index (χ0) is 19.0. The number of nitrogens with zero attached hydrogens (tertiary/aromatic N) is 2. The average Bonchev–Trinajstić information content (AvgIpc) is 2.67. The van der Waals surface area contributed by atoms with Crippen LogP contribution in [-0.2, 0) is 0 Å². The normalized spacial score (nSPS) is 16.8. The van der Waals surface area contributed by atoms with Crippen molar-refractivity contribution in [1.29, 1.82) is 0 Å². The molecule has 0 aromatic rings. The van der Waals surface area contributed by atoms with Crippen LogP contribution in [0, 0.1) is 5.92 Å². The first-order valence-electron chi connectivity index (χ1n) is 11.8. The van der Waals surface area contributed by atoms with Gasteiger partial charge in [-0.1, -0.05) is 65.2 Å². The molecule has 1 rings (SSSR count). The van der Waals surface area contributed by atoms with Crippen molar-refractivity contribution in [2.45, 2.75) is 96.9 Å². The standard InChI is InChI=1S/C23H49N3/c1-5-7-9-11-13-22(14-12-10-8-6-2)21-25(4)23-15-18-26(19-16-23)20-17-24-3/h22-24H,5-21H2,1-4H3. The number of rotatable bonds is 16. The molecule has 0 saturated carbocycles. The van der Waals surface area contributed by atoms with E-state index in [4.69, 9.17) is 0 Å². The molecule has 0 radical (unpaired) electrons. The van der Waals surface area contributed by atoms with Crippen molar-refractivity contribution in [3.05, 3.63) is 0 Å². The van der Waals surface area contributed by atoms with E-state index in [0.717, 1.165) is 18.5 Å². The molecule has 1 heterocycles. The molecule has 26 heavy (non-hydrogen) atoms. The Hall–Kier alpha value is -0.120. The second-order valence-corrected chi connectivity index (χ2v) is 8.68. The fourth-order valence-electron chi connectivity index (χ4n) is 4.46. The average molecular weight is 368 g/mol. The zero-order valence-electron chi connectivity index (χ0n) is 18.6.